The minimum Gasteiger partial charge on any atom is -0.369 e. The molecule has 1 fully saturated rings. The van der Waals surface area contributed by atoms with Crippen molar-refractivity contribution in [2.24, 2.45) is 11.1 Å². The summed E-state index contributed by atoms with van der Waals surface area (Å²) >= 11 is 0. The highest BCUT2D eigenvalue weighted by molar-refractivity contribution is 5.87. The summed E-state index contributed by atoms with van der Waals surface area (Å²) in [5.41, 5.74) is 3.75. The molecule has 0 unspecified atom stereocenters. The third kappa shape index (κ3) is 7.03. The smallest absolute Gasteiger partial charge is 0.225 e. The van der Waals surface area contributed by atoms with Gasteiger partial charge in [0.15, 0.2) is 0 Å². The number of rotatable bonds is 10. The SMILES string of the molecule is CCCCCCN1CCC(C#N)(NC(=O)[CH]CC(C)(C)C(N)=O)CC1. The van der Waals surface area contributed by atoms with E-state index in [-0.39, 0.29) is 12.3 Å². The zero-order valence-corrected chi connectivity index (χ0v) is 15.9. The Morgan fingerprint density at radius 2 is 1.92 bits per heavy atom. The number of primary amides is 1. The Morgan fingerprint density at radius 3 is 2.44 bits per heavy atom. The van der Waals surface area contributed by atoms with Crippen LogP contribution in [0.2, 0.25) is 0 Å². The zero-order chi connectivity index (χ0) is 18.9. The summed E-state index contributed by atoms with van der Waals surface area (Å²) in [5, 5.41) is 12.4. The molecule has 6 nitrogen and oxygen atoms in total. The number of nitriles is 1. The quantitative estimate of drug-likeness (QED) is 0.590. The molecule has 0 bridgehead atoms. The maximum absolute atomic E-state index is 12.2. The molecule has 1 rings (SSSR count). The van der Waals surface area contributed by atoms with Crippen LogP contribution in [0.15, 0.2) is 0 Å². The molecule has 6 heteroatoms. The molecule has 0 aromatic carbocycles. The molecule has 1 aliphatic rings. The highest BCUT2D eigenvalue weighted by atomic mass is 16.2. The number of carbonyl (C=O) groups is 2. The summed E-state index contributed by atoms with van der Waals surface area (Å²) in [6.45, 7) is 8.33. The van der Waals surface area contributed by atoms with Crippen molar-refractivity contribution in [3.63, 3.8) is 0 Å². The van der Waals surface area contributed by atoms with E-state index in [9.17, 15) is 14.9 Å². The van der Waals surface area contributed by atoms with Crippen LogP contribution >= 0.6 is 0 Å². The number of amides is 2. The normalized spacial score (nSPS) is 17.7. The number of carbonyl (C=O) groups excluding carboxylic acids is 2. The number of nitrogens with one attached hydrogen (secondary N) is 1. The summed E-state index contributed by atoms with van der Waals surface area (Å²) in [6.07, 6.45) is 7.90. The number of likely N-dealkylation sites (tertiary alicyclic amines) is 1. The molecule has 0 aliphatic carbocycles. The van der Waals surface area contributed by atoms with Gasteiger partial charge in [0.25, 0.3) is 0 Å². The van der Waals surface area contributed by atoms with Gasteiger partial charge in [-0.1, -0.05) is 40.0 Å². The minimum absolute atomic E-state index is 0.263. The minimum atomic E-state index is -0.801. The largest absolute Gasteiger partial charge is 0.369 e. The second kappa shape index (κ2) is 9.76. The lowest BCUT2D eigenvalue weighted by Gasteiger charge is -2.38. The van der Waals surface area contributed by atoms with E-state index in [1.807, 2.05) is 0 Å². The molecule has 1 radical (unpaired) electrons. The van der Waals surface area contributed by atoms with Gasteiger partial charge in [0, 0.05) is 18.5 Å². The third-order valence-corrected chi connectivity index (χ3v) is 5.08. The van der Waals surface area contributed by atoms with E-state index in [0.29, 0.717) is 12.8 Å². The first-order valence-corrected chi connectivity index (χ1v) is 9.33. The van der Waals surface area contributed by atoms with Gasteiger partial charge in [0.2, 0.25) is 11.8 Å². The van der Waals surface area contributed by atoms with Crippen LogP contribution in [0.5, 0.6) is 0 Å². The van der Waals surface area contributed by atoms with Crippen molar-refractivity contribution < 1.29 is 9.59 Å². The molecule has 25 heavy (non-hydrogen) atoms. The fraction of sp³-hybridized carbons (Fsp3) is 0.789. The van der Waals surface area contributed by atoms with Crippen molar-refractivity contribution >= 4 is 11.8 Å². The predicted octanol–water partition coefficient (Wildman–Crippen LogP) is 2.15. The van der Waals surface area contributed by atoms with Crippen LogP contribution in [0.3, 0.4) is 0 Å². The van der Waals surface area contributed by atoms with E-state index in [2.05, 4.69) is 23.2 Å². The lowest BCUT2D eigenvalue weighted by Crippen LogP contribution is -2.54. The van der Waals surface area contributed by atoms with Gasteiger partial charge in [-0.15, -0.1) is 0 Å². The number of piperidine rings is 1. The van der Waals surface area contributed by atoms with Crippen molar-refractivity contribution in [2.45, 2.75) is 71.3 Å². The Balaban J connectivity index is 2.42. The standard InChI is InChI=1S/C19H33N4O2/c1-4-5-6-7-12-23-13-10-19(15-20,11-14-23)22-16(24)8-9-18(2,3)17(21)25/h8H,4-7,9-14H2,1-3H3,(H2,21,25)(H,22,24). The summed E-state index contributed by atoms with van der Waals surface area (Å²) in [7, 11) is 0. The average Bonchev–Trinajstić information content (AvgIpc) is 2.58. The Kier molecular flexibility index (Phi) is 8.37. The van der Waals surface area contributed by atoms with Crippen LogP contribution in [0.1, 0.15) is 65.7 Å². The van der Waals surface area contributed by atoms with Crippen LogP contribution in [0.4, 0.5) is 0 Å². The molecular formula is C19H33N4O2. The summed E-state index contributed by atoms with van der Waals surface area (Å²) < 4.78 is 0. The number of hydrogen-bond donors (Lipinski definition) is 2. The van der Waals surface area contributed by atoms with Gasteiger partial charge in [-0.3, -0.25) is 9.59 Å². The van der Waals surface area contributed by atoms with Crippen LogP contribution in [-0.2, 0) is 9.59 Å². The first-order valence-electron chi connectivity index (χ1n) is 9.33. The molecule has 1 heterocycles. The highest BCUT2D eigenvalue weighted by Gasteiger charge is 2.36. The third-order valence-electron chi connectivity index (χ3n) is 5.08. The van der Waals surface area contributed by atoms with Gasteiger partial charge in [-0.2, -0.15) is 5.26 Å². The summed E-state index contributed by atoms with van der Waals surface area (Å²) in [6, 6.07) is 2.29. The van der Waals surface area contributed by atoms with Gasteiger partial charge in [-0.05, 0) is 32.2 Å². The van der Waals surface area contributed by atoms with E-state index in [0.717, 1.165) is 19.6 Å². The molecule has 3 N–H and O–H groups in total. The Hall–Kier alpha value is -1.61. The first kappa shape index (κ1) is 21.4. The molecule has 1 saturated heterocycles. The molecule has 0 atom stereocenters. The molecule has 0 aromatic rings. The van der Waals surface area contributed by atoms with E-state index in [4.69, 9.17) is 5.73 Å². The fourth-order valence-corrected chi connectivity index (χ4v) is 2.92. The monoisotopic (exact) mass is 349 g/mol. The van der Waals surface area contributed by atoms with Gasteiger partial charge in [0.1, 0.15) is 5.54 Å². The molecule has 0 spiro atoms. The number of hydrogen-bond acceptors (Lipinski definition) is 4. The van der Waals surface area contributed by atoms with Crippen LogP contribution in [0, 0.1) is 23.2 Å². The van der Waals surface area contributed by atoms with E-state index >= 15 is 0 Å². The van der Waals surface area contributed by atoms with E-state index in [1.165, 1.54) is 32.1 Å². The summed E-state index contributed by atoms with van der Waals surface area (Å²) in [4.78, 5) is 25.9. The van der Waals surface area contributed by atoms with Gasteiger partial charge >= 0.3 is 0 Å². The highest BCUT2D eigenvalue weighted by Crippen LogP contribution is 2.24. The van der Waals surface area contributed by atoms with Crippen LogP contribution < -0.4 is 11.1 Å². The number of nitrogens with two attached hydrogens (primary N) is 1. The van der Waals surface area contributed by atoms with Crippen molar-refractivity contribution in [2.75, 3.05) is 19.6 Å². The lowest BCUT2D eigenvalue weighted by atomic mass is 9.85. The van der Waals surface area contributed by atoms with Crippen molar-refractivity contribution in [3.8, 4) is 6.07 Å². The molecular weight excluding hydrogens is 316 g/mol. The molecule has 2 amide bonds. The van der Waals surface area contributed by atoms with Crippen LogP contribution in [0.25, 0.3) is 0 Å². The van der Waals surface area contributed by atoms with Gasteiger partial charge in [0.05, 0.1) is 12.5 Å². The fourth-order valence-electron chi connectivity index (χ4n) is 2.92. The van der Waals surface area contributed by atoms with Crippen molar-refractivity contribution in [1.29, 1.82) is 5.26 Å². The molecule has 0 saturated carbocycles. The maximum atomic E-state index is 12.2. The average molecular weight is 349 g/mol. The number of nitrogens with zero attached hydrogens (tertiary/aromatic N) is 2. The van der Waals surface area contributed by atoms with Gasteiger partial charge in [-0.25, -0.2) is 0 Å². The van der Waals surface area contributed by atoms with Crippen LogP contribution in [-0.4, -0.2) is 41.9 Å². The predicted molar refractivity (Wildman–Crippen MR) is 98.2 cm³/mol. The van der Waals surface area contributed by atoms with E-state index < -0.39 is 16.9 Å². The second-order valence-corrected chi connectivity index (χ2v) is 7.74. The van der Waals surface area contributed by atoms with Crippen molar-refractivity contribution in [3.05, 3.63) is 6.42 Å². The maximum Gasteiger partial charge on any atom is 0.225 e. The van der Waals surface area contributed by atoms with E-state index in [1.54, 1.807) is 13.8 Å². The Morgan fingerprint density at radius 1 is 1.28 bits per heavy atom. The topological polar surface area (TPSA) is 99.2 Å². The molecule has 1 aliphatic heterocycles. The summed E-state index contributed by atoms with van der Waals surface area (Å²) in [5.74, 6) is -0.741. The first-order chi connectivity index (χ1) is 11.7. The Labute approximate surface area is 152 Å². The second-order valence-electron chi connectivity index (χ2n) is 7.74. The molecule has 141 valence electrons. The molecule has 0 aromatic heterocycles. The van der Waals surface area contributed by atoms with Crippen molar-refractivity contribution in [1.82, 2.24) is 10.2 Å². The zero-order valence-electron chi connectivity index (χ0n) is 15.9. The number of unbranched alkanes of at least 4 members (excludes halogenated alkanes) is 3. The lowest BCUT2D eigenvalue weighted by molar-refractivity contribution is -0.126. The Bertz CT molecular complexity index is 488. The van der Waals surface area contributed by atoms with Gasteiger partial charge < -0.3 is 16.0 Å².